The first-order valence-electron chi connectivity index (χ1n) is 7.57. The Hall–Kier alpha value is -2.65. The van der Waals surface area contributed by atoms with E-state index in [0.29, 0.717) is 10.9 Å². The molecule has 2 aromatic heterocycles. The van der Waals surface area contributed by atoms with Gasteiger partial charge in [-0.15, -0.1) is 11.3 Å². The molecular weight excluding hydrogens is 376 g/mol. The number of carbonyl (C=O) groups excluding carboxylic acids is 1. The maximum Gasteiger partial charge on any atom is 0.293 e. The predicted octanol–water partition coefficient (Wildman–Crippen LogP) is 3.28. The lowest BCUT2D eigenvalue weighted by molar-refractivity contribution is 0.0992. The molecule has 7 nitrogen and oxygen atoms in total. The number of nitrogens with zero attached hydrogens (tertiary/aromatic N) is 1. The largest absolute Gasteiger partial charge is 0.484 e. The minimum absolute atomic E-state index is 0.00380. The number of benzene rings is 1. The Morgan fingerprint density at radius 1 is 1.27 bits per heavy atom. The van der Waals surface area contributed by atoms with Crippen LogP contribution in [0.1, 0.15) is 22.0 Å². The Labute approximate surface area is 154 Å². The summed E-state index contributed by atoms with van der Waals surface area (Å²) in [6, 6.07) is 9.47. The first-order valence-corrected chi connectivity index (χ1v) is 10.3. The summed E-state index contributed by atoms with van der Waals surface area (Å²) in [7, 11) is -3.40. The highest BCUT2D eigenvalue weighted by Crippen LogP contribution is 2.24. The Morgan fingerprint density at radius 3 is 2.73 bits per heavy atom. The maximum absolute atomic E-state index is 12.1. The fourth-order valence-corrected chi connectivity index (χ4v) is 3.67. The molecule has 1 aromatic carbocycles. The van der Waals surface area contributed by atoms with Crippen LogP contribution in [0.2, 0.25) is 0 Å². The third-order valence-corrected chi connectivity index (χ3v) is 5.36. The van der Waals surface area contributed by atoms with Crippen molar-refractivity contribution in [1.29, 1.82) is 0 Å². The number of sulfone groups is 1. The van der Waals surface area contributed by atoms with Gasteiger partial charge in [0.1, 0.15) is 23.0 Å². The average Bonchev–Trinajstić information content (AvgIpc) is 3.21. The van der Waals surface area contributed by atoms with Crippen LogP contribution in [-0.2, 0) is 16.4 Å². The summed E-state index contributed by atoms with van der Waals surface area (Å²) < 4.78 is 34.6. The molecule has 0 atom stereocenters. The quantitative estimate of drug-likeness (QED) is 0.691. The van der Waals surface area contributed by atoms with E-state index in [0.717, 1.165) is 11.9 Å². The molecule has 1 amide bonds. The second-order valence-corrected chi connectivity index (χ2v) is 8.36. The molecule has 3 rings (SSSR count). The van der Waals surface area contributed by atoms with Gasteiger partial charge in [-0.1, -0.05) is 12.1 Å². The minimum atomic E-state index is -3.40. The molecule has 3 aromatic rings. The van der Waals surface area contributed by atoms with Gasteiger partial charge in [-0.3, -0.25) is 10.1 Å². The average molecular weight is 392 g/mol. The van der Waals surface area contributed by atoms with Crippen molar-refractivity contribution in [2.45, 2.75) is 18.4 Å². The van der Waals surface area contributed by atoms with Crippen LogP contribution >= 0.6 is 11.3 Å². The van der Waals surface area contributed by atoms with Gasteiger partial charge in [0, 0.05) is 11.6 Å². The van der Waals surface area contributed by atoms with E-state index in [-0.39, 0.29) is 23.0 Å². The highest BCUT2D eigenvalue weighted by molar-refractivity contribution is 7.90. The third kappa shape index (κ3) is 4.30. The van der Waals surface area contributed by atoms with Crippen molar-refractivity contribution in [1.82, 2.24) is 4.98 Å². The summed E-state index contributed by atoms with van der Waals surface area (Å²) in [5.74, 6) is 0.333. The van der Waals surface area contributed by atoms with Gasteiger partial charge in [0.25, 0.3) is 5.91 Å². The van der Waals surface area contributed by atoms with E-state index < -0.39 is 15.7 Å². The van der Waals surface area contributed by atoms with E-state index in [1.807, 2.05) is 12.3 Å². The molecular formula is C17H16N2O5S2. The number of para-hydroxylation sites is 1. The summed E-state index contributed by atoms with van der Waals surface area (Å²) in [6.07, 6.45) is 1.12. The molecule has 0 aliphatic rings. The van der Waals surface area contributed by atoms with Gasteiger partial charge in [0.2, 0.25) is 0 Å². The standard InChI is InChI=1S/C17H16N2O5S2/c1-11-10-25-17(18-11)19-16(20)14-8-7-12(24-14)9-23-13-5-3-4-6-15(13)26(2,21)22/h3-8,10H,9H2,1-2H3,(H,18,19,20). The van der Waals surface area contributed by atoms with Crippen LogP contribution in [0.4, 0.5) is 5.13 Å². The fraction of sp³-hybridized carbons (Fsp3) is 0.176. The lowest BCUT2D eigenvalue weighted by atomic mass is 10.3. The Kier molecular flexibility index (Phi) is 5.10. The second kappa shape index (κ2) is 7.30. The molecule has 136 valence electrons. The highest BCUT2D eigenvalue weighted by Gasteiger charge is 2.16. The first-order chi connectivity index (χ1) is 12.3. The number of aryl methyl sites for hydroxylation is 1. The van der Waals surface area contributed by atoms with Crippen molar-refractivity contribution in [2.75, 3.05) is 11.6 Å². The number of thiazole rings is 1. The SMILES string of the molecule is Cc1csc(NC(=O)c2ccc(COc3ccccc3S(C)(=O)=O)o2)n1. The topological polar surface area (TPSA) is 98.5 Å². The highest BCUT2D eigenvalue weighted by atomic mass is 32.2. The molecule has 1 N–H and O–H groups in total. The third-order valence-electron chi connectivity index (χ3n) is 3.34. The zero-order chi connectivity index (χ0) is 18.7. The van der Waals surface area contributed by atoms with E-state index in [1.54, 1.807) is 24.3 Å². The second-order valence-electron chi connectivity index (χ2n) is 5.52. The zero-order valence-electron chi connectivity index (χ0n) is 14.1. The molecule has 26 heavy (non-hydrogen) atoms. The van der Waals surface area contributed by atoms with Crippen LogP contribution in [0.3, 0.4) is 0 Å². The van der Waals surface area contributed by atoms with Crippen molar-refractivity contribution in [3.8, 4) is 5.75 Å². The van der Waals surface area contributed by atoms with Crippen molar-refractivity contribution < 1.29 is 22.4 Å². The number of anilines is 1. The van der Waals surface area contributed by atoms with Crippen LogP contribution in [0.25, 0.3) is 0 Å². The number of amides is 1. The van der Waals surface area contributed by atoms with Gasteiger partial charge in [-0.05, 0) is 31.2 Å². The van der Waals surface area contributed by atoms with E-state index in [9.17, 15) is 13.2 Å². The monoisotopic (exact) mass is 392 g/mol. The molecule has 0 spiro atoms. The fourth-order valence-electron chi connectivity index (χ4n) is 2.17. The molecule has 0 aliphatic heterocycles. The van der Waals surface area contributed by atoms with Gasteiger partial charge >= 0.3 is 0 Å². The van der Waals surface area contributed by atoms with E-state index in [2.05, 4.69) is 10.3 Å². The number of carbonyl (C=O) groups is 1. The van der Waals surface area contributed by atoms with Crippen molar-refractivity contribution in [2.24, 2.45) is 0 Å². The van der Waals surface area contributed by atoms with Crippen molar-refractivity contribution in [3.05, 3.63) is 59.0 Å². The van der Waals surface area contributed by atoms with Crippen LogP contribution in [0, 0.1) is 6.92 Å². The number of ether oxygens (including phenoxy) is 1. The predicted molar refractivity (Wildman–Crippen MR) is 97.4 cm³/mol. The summed E-state index contributed by atoms with van der Waals surface area (Å²) >= 11 is 1.32. The first kappa shape index (κ1) is 18.2. The number of hydrogen-bond donors (Lipinski definition) is 1. The van der Waals surface area contributed by atoms with E-state index in [1.165, 1.54) is 23.5 Å². The Morgan fingerprint density at radius 2 is 2.04 bits per heavy atom. The van der Waals surface area contributed by atoms with E-state index in [4.69, 9.17) is 9.15 Å². The lowest BCUT2D eigenvalue weighted by Gasteiger charge is -2.08. The van der Waals surface area contributed by atoms with Crippen LogP contribution in [0.5, 0.6) is 5.75 Å². The zero-order valence-corrected chi connectivity index (χ0v) is 15.7. The molecule has 2 heterocycles. The van der Waals surface area contributed by atoms with Gasteiger partial charge in [0.15, 0.2) is 20.7 Å². The molecule has 9 heteroatoms. The van der Waals surface area contributed by atoms with Crippen molar-refractivity contribution >= 4 is 32.2 Å². The Balaban J connectivity index is 1.67. The number of nitrogens with one attached hydrogen (secondary N) is 1. The number of furan rings is 1. The molecule has 0 unspecified atom stereocenters. The summed E-state index contributed by atoms with van der Waals surface area (Å²) in [6.45, 7) is 1.83. The normalized spacial score (nSPS) is 11.3. The van der Waals surface area contributed by atoms with Gasteiger partial charge < -0.3 is 9.15 Å². The summed E-state index contributed by atoms with van der Waals surface area (Å²) in [5, 5.41) is 4.97. The van der Waals surface area contributed by atoms with Crippen LogP contribution < -0.4 is 10.1 Å². The van der Waals surface area contributed by atoms with Gasteiger partial charge in [-0.25, -0.2) is 13.4 Å². The van der Waals surface area contributed by atoms with E-state index >= 15 is 0 Å². The molecule has 0 aliphatic carbocycles. The molecule has 0 saturated carbocycles. The lowest BCUT2D eigenvalue weighted by Crippen LogP contribution is -2.10. The number of rotatable bonds is 6. The molecule has 0 saturated heterocycles. The van der Waals surface area contributed by atoms with Crippen molar-refractivity contribution in [3.63, 3.8) is 0 Å². The minimum Gasteiger partial charge on any atom is -0.484 e. The van der Waals surface area contributed by atoms with Gasteiger partial charge in [0.05, 0.1) is 5.69 Å². The maximum atomic E-state index is 12.1. The summed E-state index contributed by atoms with van der Waals surface area (Å²) in [4.78, 5) is 16.4. The Bertz CT molecular complexity index is 1040. The van der Waals surface area contributed by atoms with Gasteiger partial charge in [-0.2, -0.15) is 0 Å². The smallest absolute Gasteiger partial charge is 0.293 e. The van der Waals surface area contributed by atoms with Crippen LogP contribution in [0.15, 0.2) is 51.1 Å². The molecule has 0 fully saturated rings. The summed E-state index contributed by atoms with van der Waals surface area (Å²) in [5.41, 5.74) is 0.823. The molecule has 0 bridgehead atoms. The number of aromatic nitrogens is 1. The number of hydrogen-bond acceptors (Lipinski definition) is 7. The molecule has 0 radical (unpaired) electrons. The van der Waals surface area contributed by atoms with Crippen LogP contribution in [-0.4, -0.2) is 25.6 Å².